The third kappa shape index (κ3) is 3.90. The molecule has 1 aromatic heterocycles. The van der Waals surface area contributed by atoms with Gasteiger partial charge in [-0.05, 0) is 24.8 Å². The second kappa shape index (κ2) is 6.08. The highest BCUT2D eigenvalue weighted by Gasteiger charge is 2.31. The fraction of sp³-hybridized carbons (Fsp3) is 0.500. The molecule has 1 fully saturated rings. The molecular formula is C12H16N2O3S. The molecule has 6 heteroatoms. The van der Waals surface area contributed by atoms with E-state index < -0.39 is 5.79 Å². The Labute approximate surface area is 110 Å². The third-order valence-electron chi connectivity index (χ3n) is 2.51. The van der Waals surface area contributed by atoms with Gasteiger partial charge in [0.05, 0.1) is 25.8 Å². The number of hydrogen-bond donors (Lipinski definition) is 1. The van der Waals surface area contributed by atoms with Gasteiger partial charge in [0.1, 0.15) is 0 Å². The topological polar surface area (TPSA) is 59.9 Å². The zero-order valence-electron chi connectivity index (χ0n) is 10.2. The predicted octanol–water partition coefficient (Wildman–Crippen LogP) is 1.74. The van der Waals surface area contributed by atoms with Crippen molar-refractivity contribution < 1.29 is 14.3 Å². The van der Waals surface area contributed by atoms with Gasteiger partial charge in [-0.15, -0.1) is 11.3 Å². The summed E-state index contributed by atoms with van der Waals surface area (Å²) in [5.74, 6) is -1.03. The SMILES string of the molecule is CC1(CC(=O)N/N=C\c2cccs2)OCCCO1. The molecule has 5 nitrogen and oxygen atoms in total. The average molecular weight is 268 g/mol. The smallest absolute Gasteiger partial charge is 0.245 e. The Hall–Kier alpha value is -1.24. The van der Waals surface area contributed by atoms with Crippen LogP contribution in [0.25, 0.3) is 0 Å². The monoisotopic (exact) mass is 268 g/mol. The number of hydrogen-bond acceptors (Lipinski definition) is 5. The Kier molecular flexibility index (Phi) is 4.46. The summed E-state index contributed by atoms with van der Waals surface area (Å²) in [4.78, 5) is 12.7. The van der Waals surface area contributed by atoms with Crippen molar-refractivity contribution in [3.05, 3.63) is 22.4 Å². The first kappa shape index (κ1) is 13.2. The minimum Gasteiger partial charge on any atom is -0.350 e. The van der Waals surface area contributed by atoms with Gasteiger partial charge in [-0.1, -0.05) is 6.07 Å². The molecule has 0 unspecified atom stereocenters. The van der Waals surface area contributed by atoms with Crippen LogP contribution in [0.15, 0.2) is 22.6 Å². The summed E-state index contributed by atoms with van der Waals surface area (Å²) in [6.07, 6.45) is 2.63. The van der Waals surface area contributed by atoms with Gasteiger partial charge in [0, 0.05) is 4.88 Å². The Morgan fingerprint density at radius 2 is 2.39 bits per heavy atom. The zero-order valence-corrected chi connectivity index (χ0v) is 11.0. The van der Waals surface area contributed by atoms with Crippen LogP contribution < -0.4 is 5.43 Å². The van der Waals surface area contributed by atoms with E-state index in [-0.39, 0.29) is 12.3 Å². The van der Waals surface area contributed by atoms with Crippen LogP contribution in [0.4, 0.5) is 0 Å². The molecule has 0 aliphatic carbocycles. The molecule has 98 valence electrons. The minimum absolute atomic E-state index is 0.148. The number of carbonyl (C=O) groups excluding carboxylic acids is 1. The second-order valence-electron chi connectivity index (χ2n) is 4.17. The number of nitrogens with zero attached hydrogens (tertiary/aromatic N) is 1. The maximum atomic E-state index is 11.7. The molecule has 1 aliphatic rings. The molecule has 0 saturated carbocycles. The summed E-state index contributed by atoms with van der Waals surface area (Å²) in [5, 5.41) is 5.84. The molecule has 1 aromatic rings. The Morgan fingerprint density at radius 1 is 1.61 bits per heavy atom. The third-order valence-corrected chi connectivity index (χ3v) is 3.32. The molecule has 1 N–H and O–H groups in total. The number of nitrogens with one attached hydrogen (secondary N) is 1. The summed E-state index contributed by atoms with van der Waals surface area (Å²) >= 11 is 1.56. The van der Waals surface area contributed by atoms with Crippen molar-refractivity contribution in [2.75, 3.05) is 13.2 Å². The summed E-state index contributed by atoms with van der Waals surface area (Å²) < 4.78 is 10.9. The van der Waals surface area contributed by atoms with Crippen LogP contribution in [-0.4, -0.2) is 31.1 Å². The highest BCUT2D eigenvalue weighted by Crippen LogP contribution is 2.21. The summed E-state index contributed by atoms with van der Waals surface area (Å²) in [6, 6.07) is 3.85. The van der Waals surface area contributed by atoms with Gasteiger partial charge in [0.15, 0.2) is 5.79 Å². The molecule has 1 amide bonds. The van der Waals surface area contributed by atoms with E-state index in [1.165, 1.54) is 0 Å². The molecule has 0 spiro atoms. The number of hydrazone groups is 1. The molecule has 0 atom stereocenters. The van der Waals surface area contributed by atoms with E-state index in [2.05, 4.69) is 10.5 Å². The van der Waals surface area contributed by atoms with Crippen LogP contribution in [0.2, 0.25) is 0 Å². The van der Waals surface area contributed by atoms with Crippen LogP contribution in [0.1, 0.15) is 24.6 Å². The van der Waals surface area contributed by atoms with Crippen molar-refractivity contribution in [1.29, 1.82) is 0 Å². The van der Waals surface area contributed by atoms with E-state index in [1.807, 2.05) is 17.5 Å². The van der Waals surface area contributed by atoms with Crippen molar-refractivity contribution in [1.82, 2.24) is 5.43 Å². The quantitative estimate of drug-likeness (QED) is 0.668. The highest BCUT2D eigenvalue weighted by molar-refractivity contribution is 7.11. The number of thiophene rings is 1. The first-order valence-corrected chi connectivity index (χ1v) is 6.69. The Morgan fingerprint density at radius 3 is 3.06 bits per heavy atom. The second-order valence-corrected chi connectivity index (χ2v) is 5.15. The van der Waals surface area contributed by atoms with Gasteiger partial charge in [0.2, 0.25) is 5.91 Å². The van der Waals surface area contributed by atoms with Crippen LogP contribution in [0.3, 0.4) is 0 Å². The number of ether oxygens (including phenoxy) is 2. The number of amides is 1. The van der Waals surface area contributed by atoms with E-state index in [1.54, 1.807) is 24.5 Å². The van der Waals surface area contributed by atoms with Gasteiger partial charge >= 0.3 is 0 Å². The highest BCUT2D eigenvalue weighted by atomic mass is 32.1. The van der Waals surface area contributed by atoms with Gasteiger partial charge < -0.3 is 9.47 Å². The van der Waals surface area contributed by atoms with E-state index in [4.69, 9.17) is 9.47 Å². The van der Waals surface area contributed by atoms with Gasteiger partial charge in [-0.2, -0.15) is 5.10 Å². The normalized spacial score (nSPS) is 18.9. The maximum absolute atomic E-state index is 11.7. The lowest BCUT2D eigenvalue weighted by Crippen LogP contribution is -2.41. The van der Waals surface area contributed by atoms with Gasteiger partial charge in [-0.3, -0.25) is 4.79 Å². The lowest BCUT2D eigenvalue weighted by Gasteiger charge is -2.33. The van der Waals surface area contributed by atoms with E-state index in [9.17, 15) is 4.79 Å². The minimum atomic E-state index is -0.819. The van der Waals surface area contributed by atoms with Gasteiger partial charge in [0.25, 0.3) is 0 Å². The summed E-state index contributed by atoms with van der Waals surface area (Å²) in [5.41, 5.74) is 2.47. The lowest BCUT2D eigenvalue weighted by molar-refractivity contribution is -0.256. The van der Waals surface area contributed by atoms with Crippen molar-refractivity contribution >= 4 is 23.5 Å². The zero-order chi connectivity index (χ0) is 12.8. The predicted molar refractivity (Wildman–Crippen MR) is 69.6 cm³/mol. The first-order chi connectivity index (χ1) is 8.68. The lowest BCUT2D eigenvalue weighted by atomic mass is 10.2. The standard InChI is InChI=1S/C12H16N2O3S/c1-12(16-5-3-6-17-12)8-11(15)14-13-9-10-4-2-7-18-10/h2,4,7,9H,3,5-6,8H2,1H3,(H,14,15)/b13-9-. The molecule has 1 aliphatic heterocycles. The van der Waals surface area contributed by atoms with E-state index in [0.29, 0.717) is 13.2 Å². The maximum Gasteiger partial charge on any atom is 0.245 e. The largest absolute Gasteiger partial charge is 0.350 e. The van der Waals surface area contributed by atoms with Crippen LogP contribution >= 0.6 is 11.3 Å². The molecule has 18 heavy (non-hydrogen) atoms. The average Bonchev–Trinajstić information content (AvgIpc) is 2.82. The van der Waals surface area contributed by atoms with Crippen molar-refractivity contribution in [3.8, 4) is 0 Å². The Balaban J connectivity index is 1.78. The molecule has 0 bridgehead atoms. The van der Waals surface area contributed by atoms with Gasteiger partial charge in [-0.25, -0.2) is 5.43 Å². The Bertz CT molecular complexity index is 411. The molecule has 0 radical (unpaired) electrons. The van der Waals surface area contributed by atoms with E-state index >= 15 is 0 Å². The fourth-order valence-electron chi connectivity index (χ4n) is 1.64. The van der Waals surface area contributed by atoms with Crippen LogP contribution in [0, 0.1) is 0 Å². The van der Waals surface area contributed by atoms with Crippen molar-refractivity contribution in [2.24, 2.45) is 5.10 Å². The van der Waals surface area contributed by atoms with Crippen LogP contribution in [0.5, 0.6) is 0 Å². The fourth-order valence-corrected chi connectivity index (χ4v) is 2.23. The molecule has 0 aromatic carbocycles. The first-order valence-electron chi connectivity index (χ1n) is 5.81. The molecule has 2 heterocycles. The van der Waals surface area contributed by atoms with Crippen LogP contribution in [-0.2, 0) is 14.3 Å². The summed E-state index contributed by atoms with van der Waals surface area (Å²) in [7, 11) is 0. The summed E-state index contributed by atoms with van der Waals surface area (Å²) in [6.45, 7) is 3.03. The van der Waals surface area contributed by atoms with E-state index in [0.717, 1.165) is 11.3 Å². The number of rotatable bonds is 4. The molecular weight excluding hydrogens is 252 g/mol. The van der Waals surface area contributed by atoms with Crippen molar-refractivity contribution in [3.63, 3.8) is 0 Å². The molecule has 1 saturated heterocycles. The van der Waals surface area contributed by atoms with Crippen molar-refractivity contribution in [2.45, 2.75) is 25.6 Å². The molecule has 2 rings (SSSR count). The number of carbonyl (C=O) groups is 1.